The van der Waals surface area contributed by atoms with Crippen molar-refractivity contribution >= 4 is 15.9 Å². The van der Waals surface area contributed by atoms with E-state index in [0.29, 0.717) is 0 Å². The van der Waals surface area contributed by atoms with Crippen molar-refractivity contribution in [2.75, 3.05) is 7.11 Å². The highest BCUT2D eigenvalue weighted by Gasteiger charge is 2.30. The molecule has 1 saturated carbocycles. The summed E-state index contributed by atoms with van der Waals surface area (Å²) in [5.74, 6) is 0.944. The molecule has 0 spiro atoms. The van der Waals surface area contributed by atoms with Crippen LogP contribution in [0.15, 0.2) is 22.7 Å². The first-order valence-corrected chi connectivity index (χ1v) is 6.54. The van der Waals surface area contributed by atoms with Crippen molar-refractivity contribution < 1.29 is 4.74 Å². The molecule has 2 rings (SSSR count). The van der Waals surface area contributed by atoms with Crippen molar-refractivity contribution in [3.8, 4) is 5.75 Å². The van der Waals surface area contributed by atoms with Gasteiger partial charge in [-0.15, -0.1) is 0 Å². The molecule has 2 nitrogen and oxygen atoms in total. The summed E-state index contributed by atoms with van der Waals surface area (Å²) in [5, 5.41) is 0. The topological polar surface area (TPSA) is 35.2 Å². The Kier molecular flexibility index (Phi) is 3.55. The van der Waals surface area contributed by atoms with Gasteiger partial charge in [0.05, 0.1) is 7.11 Å². The molecule has 0 saturated heterocycles. The number of halogens is 1. The summed E-state index contributed by atoms with van der Waals surface area (Å²) < 4.78 is 6.47. The summed E-state index contributed by atoms with van der Waals surface area (Å²) in [6.07, 6.45) is 5.68. The van der Waals surface area contributed by atoms with Gasteiger partial charge in [-0.2, -0.15) is 0 Å². The number of hydrogen-bond donors (Lipinski definition) is 1. The predicted octanol–water partition coefficient (Wildman–Crippen LogP) is 3.27. The second-order valence-electron chi connectivity index (χ2n) is 4.70. The zero-order valence-corrected chi connectivity index (χ0v) is 11.2. The summed E-state index contributed by atoms with van der Waals surface area (Å²) >= 11 is 3.50. The highest BCUT2D eigenvalue weighted by atomic mass is 79.9. The number of nitrogens with two attached hydrogens (primary N) is 1. The normalized spacial score (nSPS) is 18.7. The van der Waals surface area contributed by atoms with Crippen molar-refractivity contribution in [3.63, 3.8) is 0 Å². The standard InChI is InChI=1S/C13H18BrNO/c1-16-12-5-4-11(14)8-10(12)9-13(15)6-2-3-7-13/h4-5,8H,2-3,6-7,9,15H2,1H3. The molecule has 1 aromatic carbocycles. The molecular weight excluding hydrogens is 266 g/mol. The van der Waals surface area contributed by atoms with E-state index in [1.807, 2.05) is 12.1 Å². The fourth-order valence-corrected chi connectivity index (χ4v) is 2.93. The quantitative estimate of drug-likeness (QED) is 0.924. The minimum absolute atomic E-state index is 0.0198. The van der Waals surface area contributed by atoms with Gasteiger partial charge in [0.2, 0.25) is 0 Å². The van der Waals surface area contributed by atoms with E-state index >= 15 is 0 Å². The van der Waals surface area contributed by atoms with Crippen molar-refractivity contribution in [1.29, 1.82) is 0 Å². The van der Waals surface area contributed by atoms with Crippen molar-refractivity contribution in [2.45, 2.75) is 37.6 Å². The van der Waals surface area contributed by atoms with Crippen LogP contribution in [0.1, 0.15) is 31.2 Å². The molecule has 0 bridgehead atoms. The minimum Gasteiger partial charge on any atom is -0.496 e. The molecule has 0 atom stereocenters. The zero-order chi connectivity index (χ0) is 11.6. The van der Waals surface area contributed by atoms with Gasteiger partial charge in [-0.05, 0) is 43.0 Å². The van der Waals surface area contributed by atoms with Crippen molar-refractivity contribution in [3.05, 3.63) is 28.2 Å². The van der Waals surface area contributed by atoms with Crippen LogP contribution < -0.4 is 10.5 Å². The van der Waals surface area contributed by atoms with E-state index in [9.17, 15) is 0 Å². The fourth-order valence-electron chi connectivity index (χ4n) is 2.52. The van der Waals surface area contributed by atoms with E-state index in [4.69, 9.17) is 10.5 Å². The van der Waals surface area contributed by atoms with Gasteiger partial charge in [-0.25, -0.2) is 0 Å². The van der Waals surface area contributed by atoms with Crippen LogP contribution in [-0.4, -0.2) is 12.6 Å². The Labute approximate surface area is 105 Å². The van der Waals surface area contributed by atoms with Crippen LogP contribution in [-0.2, 0) is 6.42 Å². The number of benzene rings is 1. The summed E-state index contributed by atoms with van der Waals surface area (Å²) in [4.78, 5) is 0. The first-order valence-electron chi connectivity index (χ1n) is 5.74. The summed E-state index contributed by atoms with van der Waals surface area (Å²) in [6.45, 7) is 0. The molecule has 0 amide bonds. The van der Waals surface area contributed by atoms with E-state index in [-0.39, 0.29) is 5.54 Å². The van der Waals surface area contributed by atoms with Crippen LogP contribution in [0.3, 0.4) is 0 Å². The number of rotatable bonds is 3. The Morgan fingerprint density at radius 3 is 2.69 bits per heavy atom. The van der Waals surface area contributed by atoms with E-state index in [2.05, 4.69) is 22.0 Å². The van der Waals surface area contributed by atoms with Crippen LogP contribution in [0.2, 0.25) is 0 Å². The molecule has 0 heterocycles. The maximum absolute atomic E-state index is 6.39. The lowest BCUT2D eigenvalue weighted by Gasteiger charge is -2.24. The van der Waals surface area contributed by atoms with Gasteiger partial charge < -0.3 is 10.5 Å². The van der Waals surface area contributed by atoms with Gasteiger partial charge in [0.1, 0.15) is 5.75 Å². The number of hydrogen-bond acceptors (Lipinski definition) is 2. The average molecular weight is 284 g/mol. The smallest absolute Gasteiger partial charge is 0.122 e. The average Bonchev–Trinajstić information content (AvgIpc) is 2.65. The Morgan fingerprint density at radius 2 is 2.06 bits per heavy atom. The molecular formula is C13H18BrNO. The molecule has 0 unspecified atom stereocenters. The van der Waals surface area contributed by atoms with Crippen LogP contribution in [0.4, 0.5) is 0 Å². The molecule has 1 fully saturated rings. The highest BCUT2D eigenvalue weighted by Crippen LogP contribution is 2.34. The van der Waals surface area contributed by atoms with Crippen LogP contribution >= 0.6 is 15.9 Å². The Bertz CT molecular complexity index is 372. The minimum atomic E-state index is -0.0198. The monoisotopic (exact) mass is 283 g/mol. The molecule has 0 aromatic heterocycles. The first kappa shape index (κ1) is 11.9. The maximum atomic E-state index is 6.39. The number of methoxy groups -OCH3 is 1. The van der Waals surface area contributed by atoms with Crippen molar-refractivity contribution in [1.82, 2.24) is 0 Å². The lowest BCUT2D eigenvalue weighted by molar-refractivity contribution is 0.390. The zero-order valence-electron chi connectivity index (χ0n) is 9.63. The van der Waals surface area contributed by atoms with Gasteiger partial charge in [-0.3, -0.25) is 0 Å². The third-order valence-corrected chi connectivity index (χ3v) is 3.88. The highest BCUT2D eigenvalue weighted by molar-refractivity contribution is 9.10. The van der Waals surface area contributed by atoms with Gasteiger partial charge in [-0.1, -0.05) is 28.8 Å². The SMILES string of the molecule is COc1ccc(Br)cc1CC1(N)CCCC1. The van der Waals surface area contributed by atoms with Gasteiger partial charge in [0.25, 0.3) is 0 Å². The molecule has 2 N–H and O–H groups in total. The molecule has 1 aromatic rings. The fraction of sp³-hybridized carbons (Fsp3) is 0.538. The Balaban J connectivity index is 2.22. The van der Waals surface area contributed by atoms with Crippen molar-refractivity contribution in [2.24, 2.45) is 5.73 Å². The molecule has 1 aliphatic carbocycles. The number of ether oxygens (including phenoxy) is 1. The predicted molar refractivity (Wildman–Crippen MR) is 69.8 cm³/mol. The molecule has 1 aliphatic rings. The Morgan fingerprint density at radius 1 is 1.38 bits per heavy atom. The van der Waals surface area contributed by atoms with Gasteiger partial charge in [0, 0.05) is 10.0 Å². The largest absolute Gasteiger partial charge is 0.496 e. The first-order chi connectivity index (χ1) is 7.63. The molecule has 16 heavy (non-hydrogen) atoms. The summed E-state index contributed by atoms with van der Waals surface area (Å²) in [7, 11) is 1.71. The van der Waals surface area contributed by atoms with E-state index in [1.54, 1.807) is 7.11 Å². The summed E-state index contributed by atoms with van der Waals surface area (Å²) in [6, 6.07) is 6.11. The molecule has 3 heteroatoms. The Hall–Kier alpha value is -0.540. The second kappa shape index (κ2) is 4.76. The lowest BCUT2D eigenvalue weighted by Crippen LogP contribution is -2.38. The van der Waals surface area contributed by atoms with Crippen LogP contribution in [0, 0.1) is 0 Å². The second-order valence-corrected chi connectivity index (χ2v) is 5.62. The third-order valence-electron chi connectivity index (χ3n) is 3.38. The lowest BCUT2D eigenvalue weighted by atomic mass is 9.90. The van der Waals surface area contributed by atoms with E-state index < -0.39 is 0 Å². The van der Waals surface area contributed by atoms with E-state index in [1.165, 1.54) is 18.4 Å². The maximum Gasteiger partial charge on any atom is 0.122 e. The summed E-state index contributed by atoms with van der Waals surface area (Å²) in [5.41, 5.74) is 7.58. The van der Waals surface area contributed by atoms with Crippen LogP contribution in [0.25, 0.3) is 0 Å². The van der Waals surface area contributed by atoms with E-state index in [0.717, 1.165) is 29.5 Å². The van der Waals surface area contributed by atoms with Gasteiger partial charge in [0.15, 0.2) is 0 Å². The molecule has 88 valence electrons. The third kappa shape index (κ3) is 2.58. The molecule has 0 aliphatic heterocycles. The molecule has 0 radical (unpaired) electrons. The van der Waals surface area contributed by atoms with Gasteiger partial charge >= 0.3 is 0 Å². The van der Waals surface area contributed by atoms with Crippen LogP contribution in [0.5, 0.6) is 5.75 Å².